The van der Waals surface area contributed by atoms with E-state index >= 15 is 0 Å². The molecule has 0 spiro atoms. The fourth-order valence-corrected chi connectivity index (χ4v) is 3.20. The number of halogens is 2. The van der Waals surface area contributed by atoms with Gasteiger partial charge in [0.25, 0.3) is 0 Å². The fourth-order valence-electron chi connectivity index (χ4n) is 2.95. The van der Waals surface area contributed by atoms with E-state index in [9.17, 15) is 0 Å². The number of aromatic nitrogens is 2. The van der Waals surface area contributed by atoms with E-state index < -0.39 is 0 Å². The van der Waals surface area contributed by atoms with Crippen LogP contribution in [-0.2, 0) is 6.54 Å². The highest BCUT2D eigenvalue weighted by Gasteiger charge is 2.34. The Balaban J connectivity index is 1.69. The van der Waals surface area contributed by atoms with Gasteiger partial charge in [-0.05, 0) is 42.5 Å². The zero-order valence-corrected chi connectivity index (χ0v) is 15.1. The first kappa shape index (κ1) is 16.2. The van der Waals surface area contributed by atoms with Crippen LogP contribution in [0.2, 0.25) is 10.0 Å². The van der Waals surface area contributed by atoms with Crippen molar-refractivity contribution in [3.63, 3.8) is 0 Å². The molecule has 0 amide bonds. The smallest absolute Gasteiger partial charge is 0.322 e. The molecule has 4 nitrogen and oxygen atoms in total. The van der Waals surface area contributed by atoms with Crippen molar-refractivity contribution in [3.05, 3.63) is 77.0 Å². The van der Waals surface area contributed by atoms with Gasteiger partial charge in [-0.25, -0.2) is 4.48 Å². The van der Waals surface area contributed by atoms with Gasteiger partial charge in [0.1, 0.15) is 17.6 Å². The van der Waals surface area contributed by atoms with Gasteiger partial charge in [-0.2, -0.15) is 0 Å². The van der Waals surface area contributed by atoms with Crippen LogP contribution in [0.1, 0.15) is 0 Å². The number of ether oxygens (including phenoxy) is 1. The maximum absolute atomic E-state index is 6.03. The molecule has 6 heteroatoms. The third kappa shape index (κ3) is 3.04. The van der Waals surface area contributed by atoms with E-state index in [0.717, 1.165) is 18.2 Å². The quantitative estimate of drug-likeness (QED) is 0.545. The van der Waals surface area contributed by atoms with Gasteiger partial charge in [-0.15, -0.1) is 4.98 Å². The highest BCUT2D eigenvalue weighted by molar-refractivity contribution is 6.30. The van der Waals surface area contributed by atoms with Gasteiger partial charge in [0, 0.05) is 22.2 Å². The van der Waals surface area contributed by atoms with Crippen molar-refractivity contribution < 1.29 is 4.74 Å². The van der Waals surface area contributed by atoms with Gasteiger partial charge in [-0.1, -0.05) is 23.2 Å². The molecule has 0 aliphatic carbocycles. The minimum atomic E-state index is 0.446. The molecule has 0 N–H and O–H groups in total. The predicted octanol–water partition coefficient (Wildman–Crippen LogP) is 5.78. The molecule has 0 fully saturated rings. The third-order valence-electron chi connectivity index (χ3n) is 4.25. The van der Waals surface area contributed by atoms with E-state index in [-0.39, 0.29) is 0 Å². The monoisotopic (exact) mass is 372 g/mol. The van der Waals surface area contributed by atoms with Crippen LogP contribution in [0.3, 0.4) is 0 Å². The molecule has 0 saturated heterocycles. The second-order valence-corrected chi connectivity index (χ2v) is 6.90. The van der Waals surface area contributed by atoms with Crippen LogP contribution in [0.25, 0.3) is 0 Å². The van der Waals surface area contributed by atoms with Crippen molar-refractivity contribution in [2.24, 2.45) is 0 Å². The lowest BCUT2D eigenvalue weighted by molar-refractivity contribution is 0.462. The third-order valence-corrected chi connectivity index (χ3v) is 4.76. The fraction of sp³-hybridized carbons (Fsp3) is 0.105. The van der Waals surface area contributed by atoms with Gasteiger partial charge < -0.3 is 4.74 Å². The van der Waals surface area contributed by atoms with Crippen LogP contribution in [0.4, 0.5) is 11.6 Å². The van der Waals surface area contributed by atoms with Gasteiger partial charge in [0.05, 0.1) is 19.8 Å². The number of benzene rings is 2. The molecule has 2 heterocycles. The molecule has 4 rings (SSSR count). The second-order valence-electron chi connectivity index (χ2n) is 6.02. The summed E-state index contributed by atoms with van der Waals surface area (Å²) in [6.07, 6.45) is 6.16. The average Bonchev–Trinajstić information content (AvgIpc) is 3.02. The normalized spacial score (nSPS) is 18.8. The number of hydrogen-bond acceptors (Lipinski definition) is 2. The standard InChI is InChI=1S/C19H16Cl2N3O/c1-24(16-7-3-14(20)4-8-16)12-2-11-23-13-18(22-19(23)24)25-17-9-5-15(21)6-10-17/h2-10,12-13H,11H2,1H3/q+1. The molecule has 0 radical (unpaired) electrons. The first-order chi connectivity index (χ1) is 12.0. The molecular weight excluding hydrogens is 357 g/mol. The molecule has 1 aliphatic rings. The van der Waals surface area contributed by atoms with Crippen LogP contribution < -0.4 is 9.22 Å². The Labute approximate surface area is 156 Å². The zero-order valence-electron chi connectivity index (χ0n) is 13.6. The van der Waals surface area contributed by atoms with Crippen molar-refractivity contribution in [2.75, 3.05) is 7.05 Å². The zero-order chi connectivity index (χ0) is 17.4. The lowest BCUT2D eigenvalue weighted by Gasteiger charge is -2.30. The topological polar surface area (TPSA) is 27.1 Å². The van der Waals surface area contributed by atoms with E-state index in [4.69, 9.17) is 32.9 Å². The molecule has 2 aromatic carbocycles. The Kier molecular flexibility index (Phi) is 4.04. The maximum Gasteiger partial charge on any atom is 0.322 e. The molecule has 25 heavy (non-hydrogen) atoms. The van der Waals surface area contributed by atoms with E-state index in [1.165, 1.54) is 0 Å². The summed E-state index contributed by atoms with van der Waals surface area (Å²) in [5.74, 6) is 2.14. The largest absolute Gasteiger partial charge is 0.437 e. The number of fused-ring (bicyclic) bond motifs is 1. The van der Waals surface area contributed by atoms with Crippen LogP contribution in [0.5, 0.6) is 11.6 Å². The molecule has 126 valence electrons. The molecule has 1 aliphatic heterocycles. The minimum absolute atomic E-state index is 0.446. The average molecular weight is 373 g/mol. The van der Waals surface area contributed by atoms with E-state index in [1.54, 1.807) is 12.1 Å². The summed E-state index contributed by atoms with van der Waals surface area (Å²) in [7, 11) is 2.09. The predicted molar refractivity (Wildman–Crippen MR) is 102 cm³/mol. The molecule has 0 bridgehead atoms. The van der Waals surface area contributed by atoms with Crippen molar-refractivity contribution in [1.29, 1.82) is 0 Å². The highest BCUT2D eigenvalue weighted by atomic mass is 35.5. The Morgan fingerprint density at radius 1 is 1.00 bits per heavy atom. The first-order valence-electron chi connectivity index (χ1n) is 7.86. The molecule has 1 unspecified atom stereocenters. The van der Waals surface area contributed by atoms with Crippen molar-refractivity contribution in [1.82, 2.24) is 14.0 Å². The van der Waals surface area contributed by atoms with Crippen LogP contribution >= 0.6 is 23.2 Å². The Hall–Kier alpha value is -2.27. The molecular formula is C19H16Cl2N3O+. The molecule has 3 aromatic rings. The van der Waals surface area contributed by atoms with Crippen LogP contribution in [0.15, 0.2) is 67.0 Å². The van der Waals surface area contributed by atoms with E-state index in [2.05, 4.69) is 23.9 Å². The summed E-state index contributed by atoms with van der Waals surface area (Å²) in [6.45, 7) is 0.758. The number of quaternary nitrogens is 1. The molecule has 1 atom stereocenters. The number of nitrogens with zero attached hydrogens (tertiary/aromatic N) is 3. The summed E-state index contributed by atoms with van der Waals surface area (Å²) in [5, 5.41) is 1.39. The summed E-state index contributed by atoms with van der Waals surface area (Å²) < 4.78 is 8.41. The van der Waals surface area contributed by atoms with E-state index in [0.29, 0.717) is 26.2 Å². The number of rotatable bonds is 3. The van der Waals surface area contributed by atoms with Crippen LogP contribution in [-0.4, -0.2) is 16.6 Å². The Morgan fingerprint density at radius 2 is 1.64 bits per heavy atom. The van der Waals surface area contributed by atoms with Gasteiger partial charge in [0.15, 0.2) is 0 Å². The van der Waals surface area contributed by atoms with Crippen LogP contribution in [0, 0.1) is 0 Å². The number of imidazole rings is 1. The van der Waals surface area contributed by atoms with Crippen molar-refractivity contribution in [2.45, 2.75) is 6.54 Å². The summed E-state index contributed by atoms with van der Waals surface area (Å²) >= 11 is 11.9. The van der Waals surface area contributed by atoms with Gasteiger partial charge in [0.2, 0.25) is 5.88 Å². The van der Waals surface area contributed by atoms with Crippen molar-refractivity contribution >= 4 is 34.8 Å². The molecule has 0 saturated carbocycles. The van der Waals surface area contributed by atoms with E-state index in [1.807, 2.05) is 42.6 Å². The number of allylic oxidation sites excluding steroid dienone is 1. The molecule has 1 aromatic heterocycles. The second kappa shape index (κ2) is 6.23. The Bertz CT molecular complexity index is 932. The lowest BCUT2D eigenvalue weighted by Crippen LogP contribution is -2.38. The summed E-state index contributed by atoms with van der Waals surface area (Å²) in [4.78, 5) is 4.72. The van der Waals surface area contributed by atoms with Crippen molar-refractivity contribution in [3.8, 4) is 11.6 Å². The van der Waals surface area contributed by atoms with Gasteiger partial charge >= 0.3 is 5.95 Å². The highest BCUT2D eigenvalue weighted by Crippen LogP contribution is 2.37. The summed E-state index contributed by atoms with van der Waals surface area (Å²) in [6, 6.07) is 15.0. The van der Waals surface area contributed by atoms with Gasteiger partial charge in [-0.3, -0.25) is 4.57 Å². The SMILES string of the molecule is C[N+]1(c2ccc(Cl)cc2)C=CCn2cc(Oc3ccc(Cl)cc3)nc21. The maximum atomic E-state index is 6.03. The Morgan fingerprint density at radius 3 is 2.32 bits per heavy atom. The summed E-state index contributed by atoms with van der Waals surface area (Å²) in [5.41, 5.74) is 1.07. The minimum Gasteiger partial charge on any atom is -0.437 e. The lowest BCUT2D eigenvalue weighted by atomic mass is 10.2. The number of hydrogen-bond donors (Lipinski definition) is 0. The first-order valence-corrected chi connectivity index (χ1v) is 8.61.